The van der Waals surface area contributed by atoms with Crippen LogP contribution in [-0.2, 0) is 4.79 Å². The quantitative estimate of drug-likeness (QED) is 0.781. The third-order valence-corrected chi connectivity index (χ3v) is 4.23. The largest absolute Gasteiger partial charge is 0.352 e. The van der Waals surface area contributed by atoms with Crippen molar-refractivity contribution in [3.8, 4) is 5.82 Å². The molecular weight excluding hydrogens is 304 g/mol. The van der Waals surface area contributed by atoms with Crippen LogP contribution < -0.4 is 4.90 Å². The minimum Gasteiger partial charge on any atom is -0.352 e. The summed E-state index contributed by atoms with van der Waals surface area (Å²) in [6, 6.07) is 3.91. The first-order valence-corrected chi connectivity index (χ1v) is 8.16. The molecule has 0 saturated carbocycles. The van der Waals surface area contributed by atoms with Crippen LogP contribution in [0.3, 0.4) is 0 Å². The molecule has 7 heteroatoms. The molecule has 2 aromatic heterocycles. The number of rotatable bonds is 5. The van der Waals surface area contributed by atoms with Crippen molar-refractivity contribution in [3.63, 3.8) is 0 Å². The smallest absolute Gasteiger partial charge is 0.223 e. The number of amides is 1. The topological polar surface area (TPSA) is 67.2 Å². The summed E-state index contributed by atoms with van der Waals surface area (Å²) in [5, 5.41) is 8.62. The molecule has 1 aliphatic heterocycles. The molecule has 1 aliphatic rings. The first-order valence-electron chi connectivity index (χ1n) is 8.16. The normalized spacial score (nSPS) is 14.7. The van der Waals surface area contributed by atoms with Crippen LogP contribution in [0.25, 0.3) is 5.82 Å². The predicted molar refractivity (Wildman–Crippen MR) is 92.1 cm³/mol. The lowest BCUT2D eigenvalue weighted by Gasteiger charge is -2.35. The van der Waals surface area contributed by atoms with E-state index in [9.17, 15) is 4.79 Å². The van der Waals surface area contributed by atoms with E-state index in [4.69, 9.17) is 0 Å². The number of anilines is 1. The lowest BCUT2D eigenvalue weighted by Crippen LogP contribution is -2.49. The van der Waals surface area contributed by atoms with Crippen LogP contribution in [0.4, 0.5) is 5.82 Å². The molecule has 0 aromatic carbocycles. The molecule has 3 heterocycles. The minimum atomic E-state index is 0.201. The molecule has 3 rings (SSSR count). The van der Waals surface area contributed by atoms with Crippen LogP contribution in [0.5, 0.6) is 0 Å². The van der Waals surface area contributed by atoms with E-state index in [0.717, 1.165) is 50.1 Å². The fourth-order valence-corrected chi connectivity index (χ4v) is 2.80. The number of carbonyl (C=O) groups excluding carboxylic acids is 1. The summed E-state index contributed by atoms with van der Waals surface area (Å²) in [5.74, 6) is 2.68. The van der Waals surface area contributed by atoms with E-state index < -0.39 is 0 Å². The Labute approximate surface area is 141 Å². The van der Waals surface area contributed by atoms with Gasteiger partial charge in [-0.25, -0.2) is 4.98 Å². The number of allylic oxidation sites excluding steroid dienone is 1. The van der Waals surface area contributed by atoms with E-state index in [0.29, 0.717) is 6.42 Å². The average Bonchev–Trinajstić information content (AvgIpc) is 3.06. The molecule has 2 aromatic rings. The monoisotopic (exact) mass is 326 g/mol. The zero-order valence-corrected chi connectivity index (χ0v) is 13.9. The maximum absolute atomic E-state index is 12.0. The maximum atomic E-state index is 12.0. The zero-order valence-electron chi connectivity index (χ0n) is 13.9. The second-order valence-corrected chi connectivity index (χ2v) is 5.79. The Morgan fingerprint density at radius 3 is 2.50 bits per heavy atom. The van der Waals surface area contributed by atoms with E-state index in [-0.39, 0.29) is 5.91 Å². The Hall–Kier alpha value is -2.70. The number of aryl methyl sites for hydroxylation is 1. The predicted octanol–water partition coefficient (Wildman–Crippen LogP) is 1.59. The Balaban J connectivity index is 1.60. The van der Waals surface area contributed by atoms with E-state index in [1.807, 2.05) is 34.7 Å². The van der Waals surface area contributed by atoms with Crippen LogP contribution in [0, 0.1) is 6.92 Å². The lowest BCUT2D eigenvalue weighted by molar-refractivity contribution is -0.131. The Bertz CT molecular complexity index is 700. The molecule has 1 amide bonds. The van der Waals surface area contributed by atoms with Gasteiger partial charge in [-0.05, 0) is 25.5 Å². The summed E-state index contributed by atoms with van der Waals surface area (Å²) in [6.45, 7) is 8.59. The molecule has 0 radical (unpaired) electrons. The van der Waals surface area contributed by atoms with Crippen LogP contribution in [0.2, 0.25) is 0 Å². The maximum Gasteiger partial charge on any atom is 0.223 e. The highest BCUT2D eigenvalue weighted by Crippen LogP contribution is 2.15. The molecule has 7 nitrogen and oxygen atoms in total. The van der Waals surface area contributed by atoms with Gasteiger partial charge in [-0.2, -0.15) is 0 Å². The van der Waals surface area contributed by atoms with Crippen molar-refractivity contribution in [3.05, 3.63) is 43.0 Å². The molecule has 0 atom stereocenters. The number of piperazine rings is 1. The lowest BCUT2D eigenvalue weighted by atomic mass is 10.2. The zero-order chi connectivity index (χ0) is 16.9. The molecule has 1 fully saturated rings. The number of hydrogen-bond acceptors (Lipinski definition) is 5. The molecule has 24 heavy (non-hydrogen) atoms. The highest BCUT2D eigenvalue weighted by Gasteiger charge is 2.21. The molecule has 0 bridgehead atoms. The van der Waals surface area contributed by atoms with Gasteiger partial charge in [0.2, 0.25) is 5.91 Å². The molecule has 126 valence electrons. The number of imidazole rings is 1. The van der Waals surface area contributed by atoms with E-state index in [1.165, 1.54) is 0 Å². The van der Waals surface area contributed by atoms with Gasteiger partial charge < -0.3 is 9.80 Å². The molecule has 1 saturated heterocycles. The van der Waals surface area contributed by atoms with Crippen molar-refractivity contribution in [2.45, 2.75) is 19.8 Å². The minimum absolute atomic E-state index is 0.201. The van der Waals surface area contributed by atoms with Crippen LogP contribution in [0.1, 0.15) is 18.7 Å². The number of carbonyl (C=O) groups is 1. The summed E-state index contributed by atoms with van der Waals surface area (Å²) >= 11 is 0. The van der Waals surface area contributed by atoms with Crippen LogP contribution >= 0.6 is 0 Å². The van der Waals surface area contributed by atoms with Crippen molar-refractivity contribution in [2.24, 2.45) is 0 Å². The summed E-state index contributed by atoms with van der Waals surface area (Å²) in [5.41, 5.74) is 0. The fourth-order valence-electron chi connectivity index (χ4n) is 2.80. The first-order chi connectivity index (χ1) is 11.7. The first kappa shape index (κ1) is 16.2. The average molecular weight is 326 g/mol. The summed E-state index contributed by atoms with van der Waals surface area (Å²) in [7, 11) is 0. The summed E-state index contributed by atoms with van der Waals surface area (Å²) < 4.78 is 1.90. The number of hydrogen-bond donors (Lipinski definition) is 0. The highest BCUT2D eigenvalue weighted by atomic mass is 16.2. The fraction of sp³-hybridized carbons (Fsp3) is 0.412. The molecule has 0 N–H and O–H groups in total. The number of nitrogens with zero attached hydrogens (tertiary/aromatic N) is 6. The van der Waals surface area contributed by atoms with Gasteiger partial charge in [-0.3, -0.25) is 9.36 Å². The Kier molecular flexibility index (Phi) is 4.88. The van der Waals surface area contributed by atoms with Crippen LogP contribution in [0.15, 0.2) is 37.2 Å². The van der Waals surface area contributed by atoms with E-state index >= 15 is 0 Å². The highest BCUT2D eigenvalue weighted by molar-refractivity contribution is 5.76. The summed E-state index contributed by atoms with van der Waals surface area (Å²) in [4.78, 5) is 20.3. The Morgan fingerprint density at radius 1 is 1.21 bits per heavy atom. The van der Waals surface area contributed by atoms with Gasteiger partial charge in [0, 0.05) is 45.0 Å². The molecule has 0 aliphatic carbocycles. The van der Waals surface area contributed by atoms with Crippen molar-refractivity contribution in [1.82, 2.24) is 24.6 Å². The van der Waals surface area contributed by atoms with Crippen molar-refractivity contribution >= 4 is 11.7 Å². The van der Waals surface area contributed by atoms with Gasteiger partial charge in [0.1, 0.15) is 5.82 Å². The molecule has 0 unspecified atom stereocenters. The van der Waals surface area contributed by atoms with Crippen molar-refractivity contribution in [1.29, 1.82) is 0 Å². The van der Waals surface area contributed by atoms with Gasteiger partial charge in [0.15, 0.2) is 11.6 Å². The standard InChI is InChI=1S/C17H22N6O/c1-3-4-5-17(24)22-12-10-21(11-13-22)15-6-7-16(20-19-15)23-9-8-18-14(23)2/h3,6-9H,1,4-5,10-13H2,2H3. The van der Waals surface area contributed by atoms with E-state index in [2.05, 4.69) is 26.7 Å². The second kappa shape index (κ2) is 7.25. The SMILES string of the molecule is C=CCCC(=O)N1CCN(c2ccc(-n3ccnc3C)nn2)CC1. The van der Waals surface area contributed by atoms with Crippen molar-refractivity contribution in [2.75, 3.05) is 31.1 Å². The van der Waals surface area contributed by atoms with Gasteiger partial charge in [-0.15, -0.1) is 16.8 Å². The van der Waals surface area contributed by atoms with E-state index in [1.54, 1.807) is 12.3 Å². The van der Waals surface area contributed by atoms with Crippen molar-refractivity contribution < 1.29 is 4.79 Å². The third-order valence-electron chi connectivity index (χ3n) is 4.23. The summed E-state index contributed by atoms with van der Waals surface area (Å²) in [6.07, 6.45) is 6.68. The molecular formula is C17H22N6O. The van der Waals surface area contributed by atoms with Crippen LogP contribution in [-0.4, -0.2) is 56.7 Å². The Morgan fingerprint density at radius 2 is 1.92 bits per heavy atom. The van der Waals surface area contributed by atoms with Gasteiger partial charge in [-0.1, -0.05) is 6.08 Å². The van der Waals surface area contributed by atoms with Gasteiger partial charge >= 0.3 is 0 Å². The number of aromatic nitrogens is 4. The second-order valence-electron chi connectivity index (χ2n) is 5.79. The van der Waals surface area contributed by atoms with Gasteiger partial charge in [0.05, 0.1) is 0 Å². The van der Waals surface area contributed by atoms with Gasteiger partial charge in [0.25, 0.3) is 0 Å². The third kappa shape index (κ3) is 3.45. The molecule has 0 spiro atoms.